The van der Waals surface area contributed by atoms with Gasteiger partial charge in [0.1, 0.15) is 0 Å². The zero-order chi connectivity index (χ0) is 12.7. The second-order valence-corrected chi connectivity index (χ2v) is 5.39. The molecule has 0 unspecified atom stereocenters. The quantitative estimate of drug-likeness (QED) is 0.586. The average Bonchev–Trinajstić information content (AvgIpc) is 2.37. The van der Waals surface area contributed by atoms with Crippen LogP contribution in [-0.2, 0) is 12.6 Å². The van der Waals surface area contributed by atoms with Crippen molar-refractivity contribution in [1.29, 1.82) is 0 Å². The molecule has 0 aromatic heterocycles. The van der Waals surface area contributed by atoms with Gasteiger partial charge in [-0.15, -0.1) is 0 Å². The molecule has 0 saturated carbocycles. The van der Waals surface area contributed by atoms with Crippen molar-refractivity contribution in [3.05, 3.63) is 59.7 Å². The van der Waals surface area contributed by atoms with Gasteiger partial charge in [0.25, 0.3) is 0 Å². The fourth-order valence-electron chi connectivity index (χ4n) is 1.67. The van der Waals surface area contributed by atoms with Crippen molar-refractivity contribution in [1.82, 2.24) is 0 Å². The van der Waals surface area contributed by atoms with Gasteiger partial charge in [0.05, 0.1) is 0 Å². The van der Waals surface area contributed by atoms with Crippen molar-refractivity contribution in [2.75, 3.05) is 6.26 Å². The average molecular weight is 256 g/mol. The second-order valence-electron chi connectivity index (χ2n) is 3.86. The van der Waals surface area contributed by atoms with E-state index in [1.54, 1.807) is 6.26 Å². The SMILES string of the molecule is C[S-].Cc1cccc[c]1[Al+][c]1ccccc1C. The van der Waals surface area contributed by atoms with Gasteiger partial charge in [-0.2, -0.15) is 6.26 Å². The molecule has 2 heteroatoms. The van der Waals surface area contributed by atoms with Gasteiger partial charge < -0.3 is 12.6 Å². The third-order valence-electron chi connectivity index (χ3n) is 2.69. The topological polar surface area (TPSA) is 0 Å². The van der Waals surface area contributed by atoms with Crippen LogP contribution in [0, 0.1) is 13.8 Å². The molecule has 0 bridgehead atoms. The minimum absolute atomic E-state index is 0.241. The molecule has 0 N–H and O–H groups in total. The molecule has 0 amide bonds. The maximum atomic E-state index is 4.08. The summed E-state index contributed by atoms with van der Waals surface area (Å²) in [6.45, 7) is 4.39. The summed E-state index contributed by atoms with van der Waals surface area (Å²) in [4.78, 5) is 0. The van der Waals surface area contributed by atoms with Gasteiger partial charge in [-0.05, 0) is 0 Å². The number of aryl methyl sites for hydroxylation is 2. The van der Waals surface area contributed by atoms with E-state index in [1.807, 2.05) is 0 Å². The van der Waals surface area contributed by atoms with Gasteiger partial charge >= 0.3 is 97.6 Å². The van der Waals surface area contributed by atoms with Crippen molar-refractivity contribution in [2.24, 2.45) is 0 Å². The first-order valence-electron chi connectivity index (χ1n) is 5.64. The number of hydrogen-bond donors (Lipinski definition) is 0. The normalized spacial score (nSPS) is 8.94. The molecule has 0 nitrogen and oxygen atoms in total. The third-order valence-corrected chi connectivity index (χ3v) is 4.61. The molecule has 0 atom stereocenters. The van der Waals surface area contributed by atoms with Crippen molar-refractivity contribution in [3.63, 3.8) is 0 Å². The fourth-order valence-corrected chi connectivity index (χ4v) is 3.06. The molecule has 0 radical (unpaired) electrons. The van der Waals surface area contributed by atoms with Crippen LogP contribution in [0.5, 0.6) is 0 Å². The van der Waals surface area contributed by atoms with Gasteiger partial charge in [-0.25, -0.2) is 0 Å². The van der Waals surface area contributed by atoms with E-state index in [4.69, 9.17) is 0 Å². The van der Waals surface area contributed by atoms with E-state index in [9.17, 15) is 0 Å². The second kappa shape index (κ2) is 7.61. The van der Waals surface area contributed by atoms with Crippen LogP contribution in [0.25, 0.3) is 0 Å². The molecule has 0 aliphatic rings. The first kappa shape index (κ1) is 14.4. The first-order chi connectivity index (χ1) is 8.27. The van der Waals surface area contributed by atoms with E-state index in [-0.39, 0.29) is 15.2 Å². The fraction of sp³-hybridized carbons (Fsp3) is 0.200. The van der Waals surface area contributed by atoms with E-state index in [0.29, 0.717) is 0 Å². The summed E-state index contributed by atoms with van der Waals surface area (Å²) >= 11 is 4.32. The maximum absolute atomic E-state index is 4.08. The van der Waals surface area contributed by atoms with Crippen LogP contribution in [-0.4, -0.2) is 21.5 Å². The predicted molar refractivity (Wildman–Crippen MR) is 80.7 cm³/mol. The van der Waals surface area contributed by atoms with E-state index in [1.165, 1.54) is 20.0 Å². The Kier molecular flexibility index (Phi) is 6.44. The molecule has 0 heterocycles. The Morgan fingerprint density at radius 3 is 1.41 bits per heavy atom. The van der Waals surface area contributed by atoms with E-state index >= 15 is 0 Å². The zero-order valence-corrected chi connectivity index (χ0v) is 12.6. The van der Waals surface area contributed by atoms with E-state index in [0.717, 1.165) is 0 Å². The molecule has 86 valence electrons. The molecule has 17 heavy (non-hydrogen) atoms. The van der Waals surface area contributed by atoms with Crippen LogP contribution in [0.15, 0.2) is 48.5 Å². The standard InChI is InChI=1S/2C7H7.CH4S.Al/c2*1-7-5-3-2-4-6-7;1-2;/h2*2-5H,1H3;2H,1H3;/q;;;+1/p-1. The molecular weight excluding hydrogens is 239 g/mol. The Morgan fingerprint density at radius 2 is 1.06 bits per heavy atom. The summed E-state index contributed by atoms with van der Waals surface area (Å²) in [5.41, 5.74) is 2.83. The molecule has 2 aromatic carbocycles. The number of hydrogen-bond acceptors (Lipinski definition) is 1. The van der Waals surface area contributed by atoms with Crippen molar-refractivity contribution in [2.45, 2.75) is 13.8 Å². The molecule has 0 aliphatic carbocycles. The summed E-state index contributed by atoms with van der Waals surface area (Å²) < 4.78 is 3.01. The first-order valence-corrected chi connectivity index (χ1v) is 7.61. The van der Waals surface area contributed by atoms with Crippen LogP contribution in [0.1, 0.15) is 11.1 Å². The Labute approximate surface area is 116 Å². The van der Waals surface area contributed by atoms with Gasteiger partial charge in [-0.1, -0.05) is 0 Å². The van der Waals surface area contributed by atoms with Crippen LogP contribution >= 0.6 is 0 Å². The third kappa shape index (κ3) is 4.24. The Bertz CT molecular complexity index is 422. The molecule has 0 saturated heterocycles. The van der Waals surface area contributed by atoms with Crippen LogP contribution in [0.4, 0.5) is 0 Å². The summed E-state index contributed by atoms with van der Waals surface area (Å²) in [7, 11) is 0. The van der Waals surface area contributed by atoms with Crippen molar-refractivity contribution in [3.8, 4) is 0 Å². The Morgan fingerprint density at radius 1 is 0.706 bits per heavy atom. The van der Waals surface area contributed by atoms with E-state index in [2.05, 4.69) is 75.0 Å². The van der Waals surface area contributed by atoms with Crippen molar-refractivity contribution < 1.29 is 0 Å². The molecule has 0 fully saturated rings. The molecule has 0 aliphatic heterocycles. The van der Waals surface area contributed by atoms with Crippen LogP contribution in [0.3, 0.4) is 0 Å². The molecule has 0 spiro atoms. The molecular formula is C15H17AlS. The number of benzene rings is 2. The van der Waals surface area contributed by atoms with Crippen molar-refractivity contribution >= 4 is 36.7 Å². The van der Waals surface area contributed by atoms with E-state index < -0.39 is 0 Å². The Balaban J connectivity index is 0.000000686. The predicted octanol–water partition coefficient (Wildman–Crippen LogP) is 2.12. The summed E-state index contributed by atoms with van der Waals surface area (Å²) in [6.07, 6.45) is 1.58. The van der Waals surface area contributed by atoms with Gasteiger partial charge in [0.15, 0.2) is 0 Å². The monoisotopic (exact) mass is 256 g/mol. The Hall–Kier alpha value is -0.678. The summed E-state index contributed by atoms with van der Waals surface area (Å²) in [6, 6.07) is 17.4. The minimum atomic E-state index is 0.241. The van der Waals surface area contributed by atoms with Gasteiger partial charge in [0.2, 0.25) is 0 Å². The summed E-state index contributed by atoms with van der Waals surface area (Å²) in [5.74, 6) is 0. The molecule has 2 rings (SSSR count). The van der Waals surface area contributed by atoms with Gasteiger partial charge in [-0.3, -0.25) is 0 Å². The number of rotatable bonds is 2. The van der Waals surface area contributed by atoms with Gasteiger partial charge in [0, 0.05) is 0 Å². The zero-order valence-electron chi connectivity index (χ0n) is 10.6. The van der Waals surface area contributed by atoms with Crippen LogP contribution in [0.2, 0.25) is 0 Å². The summed E-state index contributed by atoms with van der Waals surface area (Å²) in [5, 5.41) is 0. The molecule has 2 aromatic rings. The van der Waals surface area contributed by atoms with Crippen LogP contribution < -0.4 is 8.85 Å².